The van der Waals surface area contributed by atoms with Gasteiger partial charge in [-0.15, -0.1) is 0 Å². The minimum atomic E-state index is -0.577. The molecular weight excluding hydrogens is 344 g/mol. The number of para-hydroxylation sites is 1. The van der Waals surface area contributed by atoms with Gasteiger partial charge in [-0.3, -0.25) is 9.59 Å². The summed E-state index contributed by atoms with van der Waals surface area (Å²) in [6.07, 6.45) is 2.39. The zero-order valence-corrected chi connectivity index (χ0v) is 15.7. The van der Waals surface area contributed by atoms with E-state index in [1.54, 1.807) is 19.1 Å². The van der Waals surface area contributed by atoms with Crippen molar-refractivity contribution in [3.8, 4) is 11.5 Å². The molecule has 0 fully saturated rings. The van der Waals surface area contributed by atoms with Crippen molar-refractivity contribution in [1.29, 1.82) is 0 Å². The Kier molecular flexibility index (Phi) is 5.96. The third-order valence-electron chi connectivity index (χ3n) is 4.70. The van der Waals surface area contributed by atoms with Gasteiger partial charge in [-0.05, 0) is 48.6 Å². The lowest BCUT2D eigenvalue weighted by atomic mass is 10.0. The predicted molar refractivity (Wildman–Crippen MR) is 103 cm³/mol. The van der Waals surface area contributed by atoms with Crippen LogP contribution in [0.1, 0.15) is 17.5 Å². The van der Waals surface area contributed by atoms with Gasteiger partial charge in [0.2, 0.25) is 0 Å². The summed E-state index contributed by atoms with van der Waals surface area (Å²) in [7, 11) is 3.17. The van der Waals surface area contributed by atoms with Crippen LogP contribution in [0.3, 0.4) is 0 Å². The Morgan fingerprint density at radius 1 is 1.07 bits per heavy atom. The lowest BCUT2D eigenvalue weighted by molar-refractivity contribution is -0.137. The maximum absolute atomic E-state index is 12.6. The number of amides is 2. The highest BCUT2D eigenvalue weighted by atomic mass is 16.5. The molecule has 1 aliphatic heterocycles. The summed E-state index contributed by atoms with van der Waals surface area (Å²) in [4.78, 5) is 26.5. The van der Waals surface area contributed by atoms with Crippen LogP contribution in [-0.2, 0) is 22.4 Å². The van der Waals surface area contributed by atoms with E-state index in [0.29, 0.717) is 31.0 Å². The van der Waals surface area contributed by atoms with Crippen molar-refractivity contribution in [1.82, 2.24) is 5.32 Å². The van der Waals surface area contributed by atoms with Crippen molar-refractivity contribution in [2.24, 2.45) is 0 Å². The van der Waals surface area contributed by atoms with Gasteiger partial charge in [0.25, 0.3) is 0 Å². The monoisotopic (exact) mass is 368 g/mol. The highest BCUT2D eigenvalue weighted by molar-refractivity contribution is 6.40. The normalized spacial score (nSPS) is 12.9. The number of fused-ring (bicyclic) bond motifs is 1. The van der Waals surface area contributed by atoms with Gasteiger partial charge in [0, 0.05) is 18.8 Å². The first-order valence-electron chi connectivity index (χ1n) is 9.02. The summed E-state index contributed by atoms with van der Waals surface area (Å²) in [6, 6.07) is 13.3. The molecule has 0 unspecified atom stereocenters. The summed E-state index contributed by atoms with van der Waals surface area (Å²) in [6.45, 7) is 0.939. The Balaban J connectivity index is 1.58. The Bertz CT molecular complexity index is 835. The second-order valence-corrected chi connectivity index (χ2v) is 6.38. The number of nitrogens with zero attached hydrogens (tertiary/aromatic N) is 1. The van der Waals surface area contributed by atoms with Crippen LogP contribution >= 0.6 is 0 Å². The third-order valence-corrected chi connectivity index (χ3v) is 4.70. The fraction of sp³-hybridized carbons (Fsp3) is 0.333. The van der Waals surface area contributed by atoms with E-state index in [1.165, 1.54) is 0 Å². The second kappa shape index (κ2) is 8.58. The predicted octanol–water partition coefficient (Wildman–Crippen LogP) is 2.34. The van der Waals surface area contributed by atoms with E-state index in [4.69, 9.17) is 9.47 Å². The van der Waals surface area contributed by atoms with Crippen LogP contribution in [0.5, 0.6) is 11.5 Å². The Morgan fingerprint density at radius 3 is 2.63 bits per heavy atom. The first-order chi connectivity index (χ1) is 13.1. The number of methoxy groups -OCH3 is 2. The van der Waals surface area contributed by atoms with Crippen molar-refractivity contribution in [2.45, 2.75) is 19.3 Å². The summed E-state index contributed by atoms with van der Waals surface area (Å²) < 4.78 is 10.5. The van der Waals surface area contributed by atoms with Gasteiger partial charge >= 0.3 is 11.8 Å². The van der Waals surface area contributed by atoms with E-state index in [0.717, 1.165) is 29.7 Å². The second-order valence-electron chi connectivity index (χ2n) is 6.38. The van der Waals surface area contributed by atoms with Crippen molar-refractivity contribution in [2.75, 3.05) is 32.2 Å². The molecule has 3 rings (SSSR count). The number of ether oxygens (including phenoxy) is 2. The van der Waals surface area contributed by atoms with Crippen LogP contribution in [0, 0.1) is 0 Å². The molecule has 1 heterocycles. The number of benzene rings is 2. The summed E-state index contributed by atoms with van der Waals surface area (Å²) >= 11 is 0. The number of hydrogen-bond acceptors (Lipinski definition) is 4. The highest BCUT2D eigenvalue weighted by Crippen LogP contribution is 2.28. The minimum Gasteiger partial charge on any atom is -0.493 e. The molecule has 2 aromatic carbocycles. The van der Waals surface area contributed by atoms with Gasteiger partial charge in [0.15, 0.2) is 11.5 Å². The van der Waals surface area contributed by atoms with Crippen LogP contribution in [0.2, 0.25) is 0 Å². The number of aryl methyl sites for hydroxylation is 1. The number of carbonyl (C=O) groups excluding carboxylic acids is 2. The molecule has 142 valence electrons. The first kappa shape index (κ1) is 18.8. The van der Waals surface area contributed by atoms with Crippen LogP contribution in [0.4, 0.5) is 5.69 Å². The molecule has 27 heavy (non-hydrogen) atoms. The SMILES string of the molecule is COc1ccc(CCNC(=O)C(=O)N2CCCc3ccccc32)cc1OC. The van der Waals surface area contributed by atoms with Gasteiger partial charge in [-0.2, -0.15) is 0 Å². The molecule has 0 aromatic heterocycles. The summed E-state index contributed by atoms with van der Waals surface area (Å²) in [5, 5.41) is 2.72. The van der Waals surface area contributed by atoms with Crippen molar-refractivity contribution < 1.29 is 19.1 Å². The van der Waals surface area contributed by atoms with Crippen LogP contribution in [-0.4, -0.2) is 39.1 Å². The van der Waals surface area contributed by atoms with Crippen molar-refractivity contribution >= 4 is 17.5 Å². The third kappa shape index (κ3) is 4.22. The zero-order chi connectivity index (χ0) is 19.2. The average molecular weight is 368 g/mol. The number of carbonyl (C=O) groups is 2. The molecule has 0 spiro atoms. The fourth-order valence-corrected chi connectivity index (χ4v) is 3.30. The zero-order valence-electron chi connectivity index (χ0n) is 15.7. The molecule has 0 aliphatic carbocycles. The van der Waals surface area contributed by atoms with E-state index in [1.807, 2.05) is 42.5 Å². The van der Waals surface area contributed by atoms with Crippen molar-refractivity contribution in [3.63, 3.8) is 0 Å². The summed E-state index contributed by atoms with van der Waals surface area (Å²) in [5.74, 6) is 0.216. The Labute approximate surface area is 159 Å². The van der Waals surface area contributed by atoms with Gasteiger partial charge in [-0.1, -0.05) is 24.3 Å². The van der Waals surface area contributed by atoms with Crippen LogP contribution in [0.15, 0.2) is 42.5 Å². The average Bonchev–Trinajstić information content (AvgIpc) is 2.72. The standard InChI is InChI=1S/C21H24N2O4/c1-26-18-10-9-15(14-19(18)27-2)11-12-22-20(24)21(25)23-13-5-7-16-6-3-4-8-17(16)23/h3-4,6,8-10,14H,5,7,11-13H2,1-2H3,(H,22,24). The smallest absolute Gasteiger partial charge is 0.316 e. The molecule has 0 atom stereocenters. The molecule has 2 amide bonds. The topological polar surface area (TPSA) is 67.9 Å². The maximum Gasteiger partial charge on any atom is 0.316 e. The lowest BCUT2D eigenvalue weighted by Gasteiger charge is -2.28. The number of anilines is 1. The van der Waals surface area contributed by atoms with E-state index in [9.17, 15) is 9.59 Å². The van der Waals surface area contributed by atoms with Crippen LogP contribution in [0.25, 0.3) is 0 Å². The van der Waals surface area contributed by atoms with E-state index in [-0.39, 0.29) is 0 Å². The van der Waals surface area contributed by atoms with E-state index >= 15 is 0 Å². The molecule has 6 heteroatoms. The van der Waals surface area contributed by atoms with Crippen molar-refractivity contribution in [3.05, 3.63) is 53.6 Å². The fourth-order valence-electron chi connectivity index (χ4n) is 3.30. The highest BCUT2D eigenvalue weighted by Gasteiger charge is 2.26. The minimum absolute atomic E-state index is 0.371. The summed E-state index contributed by atoms with van der Waals surface area (Å²) in [5.41, 5.74) is 2.93. The molecule has 0 saturated heterocycles. The molecule has 0 radical (unpaired) electrons. The largest absolute Gasteiger partial charge is 0.493 e. The molecule has 2 aromatic rings. The Morgan fingerprint density at radius 2 is 1.85 bits per heavy atom. The Hall–Kier alpha value is -3.02. The molecule has 1 N–H and O–H groups in total. The first-order valence-corrected chi connectivity index (χ1v) is 9.02. The molecular formula is C21H24N2O4. The quantitative estimate of drug-likeness (QED) is 0.823. The molecule has 1 aliphatic rings. The van der Waals surface area contributed by atoms with Gasteiger partial charge < -0.3 is 19.7 Å². The van der Waals surface area contributed by atoms with E-state index < -0.39 is 11.8 Å². The molecule has 0 saturated carbocycles. The maximum atomic E-state index is 12.6. The number of hydrogen-bond donors (Lipinski definition) is 1. The number of nitrogens with one attached hydrogen (secondary N) is 1. The molecule has 0 bridgehead atoms. The van der Waals surface area contributed by atoms with E-state index in [2.05, 4.69) is 5.32 Å². The van der Waals surface area contributed by atoms with Gasteiger partial charge in [0.1, 0.15) is 0 Å². The molecule has 6 nitrogen and oxygen atoms in total. The van der Waals surface area contributed by atoms with Crippen LogP contribution < -0.4 is 19.7 Å². The van der Waals surface area contributed by atoms with Gasteiger partial charge in [0.05, 0.1) is 14.2 Å². The van der Waals surface area contributed by atoms with Gasteiger partial charge in [-0.25, -0.2) is 0 Å². The number of rotatable bonds is 5. The lowest BCUT2D eigenvalue weighted by Crippen LogP contribution is -2.45.